The molecule has 0 unspecified atom stereocenters. The zero-order chi connectivity index (χ0) is 20.4. The number of nitrogens with two attached hydrogens (primary N) is 2. The molecular formula is C21H25N7O. The zero-order valence-corrected chi connectivity index (χ0v) is 16.4. The molecule has 8 heteroatoms. The van der Waals surface area contributed by atoms with Crippen molar-refractivity contribution in [3.63, 3.8) is 0 Å². The maximum Gasteiger partial charge on any atom is 0.256 e. The third kappa shape index (κ3) is 3.85. The van der Waals surface area contributed by atoms with Gasteiger partial charge in [-0.1, -0.05) is 12.1 Å². The van der Waals surface area contributed by atoms with Crippen molar-refractivity contribution < 1.29 is 4.79 Å². The molecule has 1 amide bonds. The molecule has 1 saturated heterocycles. The van der Waals surface area contributed by atoms with Crippen molar-refractivity contribution in [2.75, 3.05) is 17.7 Å². The Labute approximate surface area is 169 Å². The van der Waals surface area contributed by atoms with Crippen LogP contribution in [0, 0.1) is 6.92 Å². The second kappa shape index (κ2) is 8.02. The second-order valence-corrected chi connectivity index (χ2v) is 7.24. The van der Waals surface area contributed by atoms with Crippen molar-refractivity contribution in [2.24, 2.45) is 5.73 Å². The van der Waals surface area contributed by atoms with E-state index >= 15 is 0 Å². The Kier molecular flexibility index (Phi) is 5.28. The number of nitrogens with zero attached hydrogens (tertiary/aromatic N) is 3. The van der Waals surface area contributed by atoms with Crippen LogP contribution >= 0.6 is 0 Å². The zero-order valence-electron chi connectivity index (χ0n) is 16.4. The number of pyridine rings is 1. The Morgan fingerprint density at radius 1 is 1.31 bits per heavy atom. The lowest BCUT2D eigenvalue weighted by atomic mass is 10.1. The standard InChI is InChI=1S/C21H25N7O/c1-13-8-10-25-18(11-13)26-21(29)15-6-4-14(5-7-15)19-17(12-22)28(23)20(27-19)16-3-2-9-24-16/h4-8,10-11,16,24H,2-3,9,12,22-23H2,1H3,(H,25,26,29)/t16-/m0/s1. The van der Waals surface area contributed by atoms with Crippen molar-refractivity contribution in [1.82, 2.24) is 20.0 Å². The number of amides is 1. The number of anilines is 1. The summed E-state index contributed by atoms with van der Waals surface area (Å²) < 4.78 is 1.60. The van der Waals surface area contributed by atoms with E-state index in [1.54, 1.807) is 23.0 Å². The fraction of sp³-hybridized carbons (Fsp3) is 0.286. The number of nitrogens with one attached hydrogen (secondary N) is 2. The summed E-state index contributed by atoms with van der Waals surface area (Å²) in [5, 5.41) is 6.23. The summed E-state index contributed by atoms with van der Waals surface area (Å²) in [4.78, 5) is 21.4. The second-order valence-electron chi connectivity index (χ2n) is 7.24. The number of nitrogen functional groups attached to an aromatic ring is 1. The molecule has 0 saturated carbocycles. The number of carbonyl (C=O) groups excluding carboxylic acids is 1. The predicted octanol–water partition coefficient (Wildman–Crippen LogP) is 2.10. The van der Waals surface area contributed by atoms with Crippen molar-refractivity contribution in [1.29, 1.82) is 0 Å². The molecule has 29 heavy (non-hydrogen) atoms. The summed E-state index contributed by atoms with van der Waals surface area (Å²) in [5.41, 5.74) is 9.92. The van der Waals surface area contributed by atoms with Crippen LogP contribution in [0.15, 0.2) is 42.6 Å². The van der Waals surface area contributed by atoms with E-state index in [0.717, 1.165) is 47.7 Å². The Morgan fingerprint density at radius 2 is 2.10 bits per heavy atom. The highest BCUT2D eigenvalue weighted by molar-refractivity contribution is 6.04. The van der Waals surface area contributed by atoms with Gasteiger partial charge in [0.1, 0.15) is 11.6 Å². The lowest BCUT2D eigenvalue weighted by molar-refractivity contribution is 0.102. The minimum absolute atomic E-state index is 0.144. The average Bonchev–Trinajstić information content (AvgIpc) is 3.35. The van der Waals surface area contributed by atoms with Crippen LogP contribution in [0.1, 0.15) is 46.3 Å². The van der Waals surface area contributed by atoms with E-state index in [-0.39, 0.29) is 18.5 Å². The number of rotatable bonds is 5. The molecule has 4 rings (SSSR count). The maximum absolute atomic E-state index is 12.5. The molecule has 1 atom stereocenters. The first-order valence-electron chi connectivity index (χ1n) is 9.71. The van der Waals surface area contributed by atoms with Crippen molar-refractivity contribution in [3.8, 4) is 11.3 Å². The first kappa shape index (κ1) is 19.1. The fourth-order valence-electron chi connectivity index (χ4n) is 3.63. The smallest absolute Gasteiger partial charge is 0.256 e. The van der Waals surface area contributed by atoms with Crippen molar-refractivity contribution in [3.05, 3.63) is 65.2 Å². The average molecular weight is 391 g/mol. The van der Waals surface area contributed by atoms with Gasteiger partial charge >= 0.3 is 0 Å². The lowest BCUT2D eigenvalue weighted by Gasteiger charge is -2.10. The molecule has 6 N–H and O–H groups in total. The molecule has 1 fully saturated rings. The molecule has 1 aliphatic heterocycles. The SMILES string of the molecule is Cc1ccnc(NC(=O)c2ccc(-c3nc([C@@H]4CCCN4)n(N)c3CN)cc2)c1. The highest BCUT2D eigenvalue weighted by Crippen LogP contribution is 2.29. The van der Waals surface area contributed by atoms with E-state index in [9.17, 15) is 4.79 Å². The highest BCUT2D eigenvalue weighted by atomic mass is 16.1. The minimum atomic E-state index is -0.214. The summed E-state index contributed by atoms with van der Waals surface area (Å²) >= 11 is 0. The van der Waals surface area contributed by atoms with Crippen LogP contribution in [0.3, 0.4) is 0 Å². The summed E-state index contributed by atoms with van der Waals surface area (Å²) in [6.07, 6.45) is 3.77. The van der Waals surface area contributed by atoms with Gasteiger partial charge in [0.15, 0.2) is 0 Å². The van der Waals surface area contributed by atoms with Crippen molar-refractivity contribution in [2.45, 2.75) is 32.4 Å². The summed E-state index contributed by atoms with van der Waals surface area (Å²) in [7, 11) is 0. The Balaban J connectivity index is 1.57. The Bertz CT molecular complexity index is 1020. The van der Waals surface area contributed by atoms with Crippen LogP contribution in [0.4, 0.5) is 5.82 Å². The lowest BCUT2D eigenvalue weighted by Crippen LogP contribution is -2.24. The van der Waals surface area contributed by atoms with Gasteiger partial charge in [-0.05, 0) is 56.1 Å². The van der Waals surface area contributed by atoms with Gasteiger partial charge in [0.05, 0.1) is 17.4 Å². The summed E-state index contributed by atoms with van der Waals surface area (Å²) in [5.74, 6) is 7.38. The molecule has 0 spiro atoms. The normalized spacial score (nSPS) is 16.1. The van der Waals surface area contributed by atoms with E-state index in [1.165, 1.54) is 0 Å². The Morgan fingerprint density at radius 3 is 2.76 bits per heavy atom. The van der Waals surface area contributed by atoms with E-state index < -0.39 is 0 Å². The van der Waals surface area contributed by atoms with Gasteiger partial charge in [-0.15, -0.1) is 0 Å². The van der Waals surface area contributed by atoms with Gasteiger partial charge in [-0.3, -0.25) is 4.79 Å². The molecule has 3 heterocycles. The number of carbonyl (C=O) groups is 1. The molecule has 0 radical (unpaired) electrons. The molecule has 0 aliphatic carbocycles. The van der Waals surface area contributed by atoms with Crippen LogP contribution in [0.5, 0.6) is 0 Å². The molecule has 8 nitrogen and oxygen atoms in total. The van der Waals surface area contributed by atoms with Gasteiger partial charge in [0.25, 0.3) is 5.91 Å². The van der Waals surface area contributed by atoms with E-state index in [2.05, 4.69) is 15.6 Å². The number of aromatic nitrogens is 3. The van der Waals surface area contributed by atoms with E-state index in [1.807, 2.05) is 31.2 Å². The summed E-state index contributed by atoms with van der Waals surface area (Å²) in [6, 6.07) is 11.1. The fourth-order valence-corrected chi connectivity index (χ4v) is 3.63. The number of hydrogen-bond acceptors (Lipinski definition) is 6. The van der Waals surface area contributed by atoms with Gasteiger partial charge in [0, 0.05) is 23.9 Å². The molecule has 1 aliphatic rings. The topological polar surface area (TPSA) is 124 Å². The molecule has 1 aromatic carbocycles. The van der Waals surface area contributed by atoms with Crippen LogP contribution in [-0.2, 0) is 6.54 Å². The third-order valence-electron chi connectivity index (χ3n) is 5.18. The number of imidazole rings is 1. The van der Waals surface area contributed by atoms with Crippen LogP contribution in [0.2, 0.25) is 0 Å². The van der Waals surface area contributed by atoms with Crippen LogP contribution in [-0.4, -0.2) is 27.1 Å². The van der Waals surface area contributed by atoms with Crippen LogP contribution in [0.25, 0.3) is 11.3 Å². The molecular weight excluding hydrogens is 366 g/mol. The Hall–Kier alpha value is -3.23. The summed E-state index contributed by atoms with van der Waals surface area (Å²) in [6.45, 7) is 3.20. The van der Waals surface area contributed by atoms with Gasteiger partial charge in [-0.2, -0.15) is 0 Å². The number of hydrogen-bond donors (Lipinski definition) is 4. The van der Waals surface area contributed by atoms with E-state index in [4.69, 9.17) is 16.6 Å². The third-order valence-corrected chi connectivity index (χ3v) is 5.18. The van der Waals surface area contributed by atoms with Gasteiger partial charge in [-0.25, -0.2) is 14.6 Å². The van der Waals surface area contributed by atoms with Crippen molar-refractivity contribution >= 4 is 11.7 Å². The largest absolute Gasteiger partial charge is 0.338 e. The van der Waals surface area contributed by atoms with Crippen LogP contribution < -0.4 is 22.2 Å². The first-order chi connectivity index (χ1) is 14.1. The highest BCUT2D eigenvalue weighted by Gasteiger charge is 2.25. The maximum atomic E-state index is 12.5. The molecule has 2 aromatic heterocycles. The molecule has 150 valence electrons. The quantitative estimate of drug-likeness (QED) is 0.494. The first-order valence-corrected chi connectivity index (χ1v) is 9.71. The minimum Gasteiger partial charge on any atom is -0.338 e. The number of benzene rings is 1. The molecule has 3 aromatic rings. The predicted molar refractivity (Wildman–Crippen MR) is 113 cm³/mol. The van der Waals surface area contributed by atoms with Gasteiger partial charge in [0.2, 0.25) is 0 Å². The van der Waals surface area contributed by atoms with E-state index in [0.29, 0.717) is 11.4 Å². The monoisotopic (exact) mass is 391 g/mol. The van der Waals surface area contributed by atoms with Gasteiger partial charge < -0.3 is 22.2 Å². The molecule has 0 bridgehead atoms. The number of aryl methyl sites for hydroxylation is 1.